The van der Waals surface area contributed by atoms with Crippen molar-refractivity contribution in [3.05, 3.63) is 0 Å². The molecule has 1 heterocycles. The van der Waals surface area contributed by atoms with Crippen LogP contribution in [0, 0.1) is 0 Å². The highest BCUT2D eigenvalue weighted by Gasteiger charge is 2.48. The minimum absolute atomic E-state index is 0.000509. The van der Waals surface area contributed by atoms with Crippen molar-refractivity contribution in [1.82, 2.24) is 4.90 Å². The first kappa shape index (κ1) is 6.62. The highest BCUT2D eigenvalue weighted by molar-refractivity contribution is 5.04. The molecule has 1 aliphatic heterocycles. The van der Waals surface area contributed by atoms with Crippen molar-refractivity contribution < 1.29 is 5.11 Å². The van der Waals surface area contributed by atoms with Crippen LogP contribution in [0.2, 0.25) is 0 Å². The molecule has 0 aromatic rings. The monoisotopic (exact) mass is 141 g/mol. The normalized spacial score (nSPS) is 48.0. The van der Waals surface area contributed by atoms with Crippen molar-refractivity contribution >= 4 is 0 Å². The molecule has 1 spiro atoms. The molecule has 0 radical (unpaired) electrons. The van der Waals surface area contributed by atoms with Crippen LogP contribution in [0.5, 0.6) is 0 Å². The van der Waals surface area contributed by atoms with Gasteiger partial charge in [0.25, 0.3) is 0 Å². The fraction of sp³-hybridized carbons (Fsp3) is 1.00. The van der Waals surface area contributed by atoms with E-state index in [1.165, 1.54) is 19.4 Å². The first-order valence-electron chi connectivity index (χ1n) is 4.12. The van der Waals surface area contributed by atoms with E-state index in [2.05, 4.69) is 11.9 Å². The van der Waals surface area contributed by atoms with Crippen molar-refractivity contribution in [1.29, 1.82) is 0 Å². The average Bonchev–Trinajstić information content (AvgIpc) is 2.12. The summed E-state index contributed by atoms with van der Waals surface area (Å²) in [6.45, 7) is 1.23. The second-order valence-electron chi connectivity index (χ2n) is 3.81. The summed E-state index contributed by atoms with van der Waals surface area (Å²) in [7, 11) is 2.18. The van der Waals surface area contributed by atoms with Crippen LogP contribution in [0.1, 0.15) is 25.7 Å². The number of hydrogen-bond acceptors (Lipinski definition) is 2. The SMILES string of the molecule is CN1CCCC12CC(O)C2. The molecule has 2 rings (SSSR count). The van der Waals surface area contributed by atoms with Gasteiger partial charge in [0.2, 0.25) is 0 Å². The lowest BCUT2D eigenvalue weighted by Crippen LogP contribution is -2.54. The highest BCUT2D eigenvalue weighted by Crippen LogP contribution is 2.44. The molecular weight excluding hydrogens is 126 g/mol. The largest absolute Gasteiger partial charge is 0.393 e. The van der Waals surface area contributed by atoms with Gasteiger partial charge in [0.05, 0.1) is 6.10 Å². The van der Waals surface area contributed by atoms with E-state index in [9.17, 15) is 0 Å². The van der Waals surface area contributed by atoms with Crippen molar-refractivity contribution in [2.75, 3.05) is 13.6 Å². The van der Waals surface area contributed by atoms with Crippen LogP contribution in [0.4, 0.5) is 0 Å². The number of hydrogen-bond donors (Lipinski definition) is 1. The summed E-state index contributed by atoms with van der Waals surface area (Å²) in [5.41, 5.74) is 0.430. The first-order valence-corrected chi connectivity index (χ1v) is 4.12. The molecule has 1 saturated heterocycles. The summed E-state index contributed by atoms with van der Waals surface area (Å²) in [6.07, 6.45) is 4.66. The number of aliphatic hydroxyl groups is 1. The predicted molar refractivity (Wildman–Crippen MR) is 39.8 cm³/mol. The van der Waals surface area contributed by atoms with E-state index in [4.69, 9.17) is 5.11 Å². The van der Waals surface area contributed by atoms with Gasteiger partial charge in [0.1, 0.15) is 0 Å². The Balaban J connectivity index is 2.03. The third-order valence-electron chi connectivity index (χ3n) is 3.18. The number of nitrogens with zero attached hydrogens (tertiary/aromatic N) is 1. The van der Waals surface area contributed by atoms with Crippen LogP contribution in [-0.4, -0.2) is 35.2 Å². The molecule has 2 fully saturated rings. The molecule has 1 N–H and O–H groups in total. The molecule has 1 saturated carbocycles. The Kier molecular flexibility index (Phi) is 1.29. The lowest BCUT2D eigenvalue weighted by Gasteiger charge is -2.47. The molecular formula is C8H15NO. The zero-order valence-corrected chi connectivity index (χ0v) is 6.51. The maximum Gasteiger partial charge on any atom is 0.0575 e. The van der Waals surface area contributed by atoms with E-state index >= 15 is 0 Å². The maximum atomic E-state index is 9.16. The Hall–Kier alpha value is -0.0800. The molecule has 2 nitrogen and oxygen atoms in total. The minimum Gasteiger partial charge on any atom is -0.393 e. The Morgan fingerprint density at radius 1 is 1.50 bits per heavy atom. The average molecular weight is 141 g/mol. The molecule has 2 aliphatic rings. The molecule has 58 valence electrons. The smallest absolute Gasteiger partial charge is 0.0575 e. The quantitative estimate of drug-likeness (QED) is 0.534. The van der Waals surface area contributed by atoms with Gasteiger partial charge in [-0.25, -0.2) is 0 Å². The van der Waals surface area contributed by atoms with Gasteiger partial charge in [-0.3, -0.25) is 0 Å². The summed E-state index contributed by atoms with van der Waals surface area (Å²) >= 11 is 0. The molecule has 0 aromatic carbocycles. The Morgan fingerprint density at radius 3 is 2.60 bits per heavy atom. The van der Waals surface area contributed by atoms with Crippen molar-refractivity contribution in [3.63, 3.8) is 0 Å². The number of aliphatic hydroxyl groups excluding tert-OH is 1. The third kappa shape index (κ3) is 0.722. The second-order valence-corrected chi connectivity index (χ2v) is 3.81. The molecule has 0 atom stereocenters. The molecule has 0 amide bonds. The van der Waals surface area contributed by atoms with Crippen LogP contribution in [0.15, 0.2) is 0 Å². The third-order valence-corrected chi connectivity index (χ3v) is 3.18. The number of likely N-dealkylation sites (tertiary alicyclic amines) is 1. The molecule has 2 heteroatoms. The van der Waals surface area contributed by atoms with Crippen molar-refractivity contribution in [2.24, 2.45) is 0 Å². The fourth-order valence-electron chi connectivity index (χ4n) is 2.41. The van der Waals surface area contributed by atoms with Crippen LogP contribution in [0.25, 0.3) is 0 Å². The number of rotatable bonds is 0. The van der Waals surface area contributed by atoms with E-state index in [0.717, 1.165) is 12.8 Å². The van der Waals surface area contributed by atoms with Gasteiger partial charge in [-0.2, -0.15) is 0 Å². The van der Waals surface area contributed by atoms with E-state index in [1.807, 2.05) is 0 Å². The van der Waals surface area contributed by atoms with Gasteiger partial charge in [0.15, 0.2) is 0 Å². The maximum absolute atomic E-state index is 9.16. The molecule has 10 heavy (non-hydrogen) atoms. The topological polar surface area (TPSA) is 23.5 Å². The van der Waals surface area contributed by atoms with Crippen molar-refractivity contribution in [2.45, 2.75) is 37.3 Å². The summed E-state index contributed by atoms with van der Waals surface area (Å²) in [6, 6.07) is 0. The standard InChI is InChI=1S/C8H15NO/c1-9-4-2-3-8(9)5-7(10)6-8/h7,10H,2-6H2,1H3. The Morgan fingerprint density at radius 2 is 2.20 bits per heavy atom. The van der Waals surface area contributed by atoms with Gasteiger partial charge >= 0.3 is 0 Å². The Bertz CT molecular complexity index is 140. The van der Waals surface area contributed by atoms with E-state index in [0.29, 0.717) is 5.54 Å². The van der Waals surface area contributed by atoms with Crippen LogP contribution in [-0.2, 0) is 0 Å². The zero-order valence-electron chi connectivity index (χ0n) is 6.51. The first-order chi connectivity index (χ1) is 4.73. The molecule has 0 unspecified atom stereocenters. The fourth-order valence-corrected chi connectivity index (χ4v) is 2.41. The van der Waals surface area contributed by atoms with E-state index in [1.54, 1.807) is 0 Å². The molecule has 0 aromatic heterocycles. The second kappa shape index (κ2) is 1.95. The summed E-state index contributed by atoms with van der Waals surface area (Å²) < 4.78 is 0. The summed E-state index contributed by atoms with van der Waals surface area (Å²) in [5, 5.41) is 9.16. The lowest BCUT2D eigenvalue weighted by molar-refractivity contribution is -0.0425. The van der Waals surface area contributed by atoms with Gasteiger partial charge in [0, 0.05) is 5.54 Å². The van der Waals surface area contributed by atoms with E-state index in [-0.39, 0.29) is 6.10 Å². The van der Waals surface area contributed by atoms with Gasteiger partial charge < -0.3 is 10.0 Å². The zero-order chi connectivity index (χ0) is 7.19. The van der Waals surface area contributed by atoms with Crippen LogP contribution in [0.3, 0.4) is 0 Å². The molecule has 1 aliphatic carbocycles. The highest BCUT2D eigenvalue weighted by atomic mass is 16.3. The van der Waals surface area contributed by atoms with E-state index < -0.39 is 0 Å². The van der Waals surface area contributed by atoms with Crippen LogP contribution >= 0.6 is 0 Å². The summed E-state index contributed by atoms with van der Waals surface area (Å²) in [5.74, 6) is 0. The summed E-state index contributed by atoms with van der Waals surface area (Å²) in [4.78, 5) is 2.42. The van der Waals surface area contributed by atoms with Gasteiger partial charge in [-0.15, -0.1) is 0 Å². The Labute approximate surface area is 61.8 Å². The van der Waals surface area contributed by atoms with Crippen LogP contribution < -0.4 is 0 Å². The minimum atomic E-state index is 0.000509. The molecule has 0 bridgehead atoms. The van der Waals surface area contributed by atoms with Crippen molar-refractivity contribution in [3.8, 4) is 0 Å². The van der Waals surface area contributed by atoms with Gasteiger partial charge in [-0.05, 0) is 39.3 Å². The lowest BCUT2D eigenvalue weighted by atomic mass is 9.73. The van der Waals surface area contributed by atoms with Gasteiger partial charge in [-0.1, -0.05) is 0 Å². The predicted octanol–water partition coefficient (Wildman–Crippen LogP) is 0.605.